The first kappa shape index (κ1) is 14.0. The average molecular weight is 278 g/mol. The van der Waals surface area contributed by atoms with Crippen molar-refractivity contribution in [1.29, 1.82) is 0 Å². The van der Waals surface area contributed by atoms with Crippen molar-refractivity contribution in [3.05, 3.63) is 57.9 Å². The van der Waals surface area contributed by atoms with Gasteiger partial charge < -0.3 is 5.32 Å². The molecule has 0 unspecified atom stereocenters. The number of hydrogen-bond donors (Lipinski definition) is 1. The molecule has 100 valence electrons. The van der Waals surface area contributed by atoms with Gasteiger partial charge in [0.1, 0.15) is 5.82 Å². The Hall–Kier alpha value is -1.38. The van der Waals surface area contributed by atoms with Gasteiger partial charge in [-0.3, -0.25) is 0 Å². The SMILES string of the molecule is CNCc1ccc(-c2c(C)cc(F)cc2C)c(Cl)c1. The van der Waals surface area contributed by atoms with Crippen LogP contribution in [0.15, 0.2) is 30.3 Å². The second-order valence-corrected chi connectivity index (χ2v) is 5.17. The molecule has 19 heavy (non-hydrogen) atoms. The van der Waals surface area contributed by atoms with E-state index >= 15 is 0 Å². The van der Waals surface area contributed by atoms with Crippen LogP contribution in [0.3, 0.4) is 0 Å². The standard InChI is InChI=1S/C16H17ClFN/c1-10-6-13(18)7-11(2)16(10)14-5-4-12(9-19-3)8-15(14)17/h4-8,19H,9H2,1-3H3. The van der Waals surface area contributed by atoms with Gasteiger partial charge in [-0.15, -0.1) is 0 Å². The summed E-state index contributed by atoms with van der Waals surface area (Å²) in [4.78, 5) is 0. The number of benzene rings is 2. The van der Waals surface area contributed by atoms with Crippen molar-refractivity contribution in [2.45, 2.75) is 20.4 Å². The van der Waals surface area contributed by atoms with E-state index < -0.39 is 0 Å². The van der Waals surface area contributed by atoms with Crippen molar-refractivity contribution < 1.29 is 4.39 Å². The van der Waals surface area contributed by atoms with Crippen LogP contribution in [-0.2, 0) is 6.54 Å². The third-order valence-corrected chi connectivity index (χ3v) is 3.49. The Balaban J connectivity index is 2.53. The van der Waals surface area contributed by atoms with Gasteiger partial charge in [0.15, 0.2) is 0 Å². The summed E-state index contributed by atoms with van der Waals surface area (Å²) in [6.07, 6.45) is 0. The molecule has 3 heteroatoms. The molecule has 0 aliphatic carbocycles. The Morgan fingerprint density at radius 3 is 2.26 bits per heavy atom. The van der Waals surface area contributed by atoms with E-state index in [1.54, 1.807) is 12.1 Å². The van der Waals surface area contributed by atoms with Crippen LogP contribution in [0.1, 0.15) is 16.7 Å². The molecule has 0 saturated carbocycles. The zero-order valence-electron chi connectivity index (χ0n) is 11.3. The van der Waals surface area contributed by atoms with Gasteiger partial charge in [-0.05, 0) is 61.3 Å². The maximum atomic E-state index is 13.3. The summed E-state index contributed by atoms with van der Waals surface area (Å²) in [5.74, 6) is -0.207. The molecule has 0 heterocycles. The quantitative estimate of drug-likeness (QED) is 0.872. The third kappa shape index (κ3) is 2.96. The predicted molar refractivity (Wildman–Crippen MR) is 79.1 cm³/mol. The Morgan fingerprint density at radius 2 is 1.74 bits per heavy atom. The first-order valence-corrected chi connectivity index (χ1v) is 6.61. The molecular formula is C16H17ClFN. The lowest BCUT2D eigenvalue weighted by Gasteiger charge is -2.13. The van der Waals surface area contributed by atoms with Crippen LogP contribution >= 0.6 is 11.6 Å². The van der Waals surface area contributed by atoms with Crippen LogP contribution in [0.25, 0.3) is 11.1 Å². The van der Waals surface area contributed by atoms with Crippen LogP contribution in [0.5, 0.6) is 0 Å². The van der Waals surface area contributed by atoms with E-state index in [4.69, 9.17) is 11.6 Å². The summed E-state index contributed by atoms with van der Waals surface area (Å²) >= 11 is 6.36. The number of nitrogens with one attached hydrogen (secondary N) is 1. The smallest absolute Gasteiger partial charge is 0.123 e. The van der Waals surface area contributed by atoms with Gasteiger partial charge in [0, 0.05) is 17.1 Å². The second-order valence-electron chi connectivity index (χ2n) is 4.76. The van der Waals surface area contributed by atoms with Gasteiger partial charge in [-0.1, -0.05) is 23.7 Å². The molecule has 0 amide bonds. The van der Waals surface area contributed by atoms with E-state index in [1.165, 1.54) is 0 Å². The van der Waals surface area contributed by atoms with E-state index in [2.05, 4.69) is 5.32 Å². The van der Waals surface area contributed by atoms with E-state index in [9.17, 15) is 4.39 Å². The highest BCUT2D eigenvalue weighted by atomic mass is 35.5. The lowest BCUT2D eigenvalue weighted by atomic mass is 9.95. The van der Waals surface area contributed by atoms with Crippen LogP contribution in [0.2, 0.25) is 5.02 Å². The summed E-state index contributed by atoms with van der Waals surface area (Å²) in [5.41, 5.74) is 4.91. The molecule has 0 aromatic heterocycles. The molecular weight excluding hydrogens is 261 g/mol. The van der Waals surface area contributed by atoms with Gasteiger partial charge in [-0.25, -0.2) is 4.39 Å². The van der Waals surface area contributed by atoms with Gasteiger partial charge in [0.05, 0.1) is 0 Å². The van der Waals surface area contributed by atoms with Crippen LogP contribution in [0, 0.1) is 19.7 Å². The molecule has 0 aliphatic rings. The summed E-state index contributed by atoms with van der Waals surface area (Å²) in [7, 11) is 1.90. The van der Waals surface area contributed by atoms with Gasteiger partial charge in [0.2, 0.25) is 0 Å². The van der Waals surface area contributed by atoms with E-state index in [1.807, 2.05) is 39.1 Å². The van der Waals surface area contributed by atoms with Gasteiger partial charge in [-0.2, -0.15) is 0 Å². The van der Waals surface area contributed by atoms with Crippen molar-refractivity contribution in [1.82, 2.24) is 5.32 Å². The second kappa shape index (κ2) is 5.72. The van der Waals surface area contributed by atoms with Gasteiger partial charge >= 0.3 is 0 Å². The average Bonchev–Trinajstić information content (AvgIpc) is 2.31. The van der Waals surface area contributed by atoms with E-state index in [0.717, 1.165) is 34.4 Å². The summed E-state index contributed by atoms with van der Waals surface area (Å²) in [6, 6.07) is 9.08. The maximum Gasteiger partial charge on any atom is 0.123 e. The minimum Gasteiger partial charge on any atom is -0.316 e. The molecule has 0 fully saturated rings. The van der Waals surface area contributed by atoms with Crippen molar-refractivity contribution in [3.63, 3.8) is 0 Å². The number of rotatable bonds is 3. The fraction of sp³-hybridized carbons (Fsp3) is 0.250. The fourth-order valence-electron chi connectivity index (χ4n) is 2.41. The highest BCUT2D eigenvalue weighted by molar-refractivity contribution is 6.33. The maximum absolute atomic E-state index is 13.3. The molecule has 2 aromatic carbocycles. The molecule has 0 bridgehead atoms. The molecule has 1 N–H and O–H groups in total. The minimum atomic E-state index is -0.207. The van der Waals surface area contributed by atoms with Crippen molar-refractivity contribution in [3.8, 4) is 11.1 Å². The zero-order valence-corrected chi connectivity index (χ0v) is 12.1. The van der Waals surface area contributed by atoms with E-state index in [-0.39, 0.29) is 5.82 Å². The molecule has 0 spiro atoms. The first-order valence-electron chi connectivity index (χ1n) is 6.23. The van der Waals surface area contributed by atoms with Crippen LogP contribution in [0.4, 0.5) is 4.39 Å². The van der Waals surface area contributed by atoms with Crippen molar-refractivity contribution in [2.75, 3.05) is 7.05 Å². The minimum absolute atomic E-state index is 0.207. The van der Waals surface area contributed by atoms with Gasteiger partial charge in [0.25, 0.3) is 0 Å². The third-order valence-electron chi connectivity index (χ3n) is 3.18. The first-order chi connectivity index (χ1) is 9.02. The molecule has 0 aliphatic heterocycles. The Labute approximate surface area is 118 Å². The lowest BCUT2D eigenvalue weighted by molar-refractivity contribution is 0.625. The van der Waals surface area contributed by atoms with Crippen molar-refractivity contribution in [2.24, 2.45) is 0 Å². The highest BCUT2D eigenvalue weighted by Crippen LogP contribution is 2.34. The summed E-state index contributed by atoms with van der Waals surface area (Å²) in [6.45, 7) is 4.59. The Bertz CT molecular complexity index is 585. The van der Waals surface area contributed by atoms with Crippen LogP contribution in [-0.4, -0.2) is 7.05 Å². The zero-order chi connectivity index (χ0) is 14.0. The normalized spacial score (nSPS) is 10.8. The monoisotopic (exact) mass is 277 g/mol. The Morgan fingerprint density at radius 1 is 1.11 bits per heavy atom. The number of aryl methyl sites for hydroxylation is 2. The molecule has 2 rings (SSSR count). The number of hydrogen-bond acceptors (Lipinski definition) is 1. The molecule has 0 saturated heterocycles. The molecule has 1 nitrogen and oxygen atoms in total. The Kier molecular flexibility index (Phi) is 4.23. The summed E-state index contributed by atoms with van der Waals surface area (Å²) in [5, 5.41) is 3.79. The molecule has 0 atom stereocenters. The van der Waals surface area contributed by atoms with Crippen LogP contribution < -0.4 is 5.32 Å². The van der Waals surface area contributed by atoms with Crippen molar-refractivity contribution >= 4 is 11.6 Å². The largest absolute Gasteiger partial charge is 0.316 e. The summed E-state index contributed by atoms with van der Waals surface area (Å²) < 4.78 is 13.3. The predicted octanol–water partition coefficient (Wildman–Crippen LogP) is 4.48. The lowest BCUT2D eigenvalue weighted by Crippen LogP contribution is -2.04. The van der Waals surface area contributed by atoms with E-state index in [0.29, 0.717) is 5.02 Å². The number of halogens is 2. The topological polar surface area (TPSA) is 12.0 Å². The fourth-order valence-corrected chi connectivity index (χ4v) is 2.71. The molecule has 2 aromatic rings. The highest BCUT2D eigenvalue weighted by Gasteiger charge is 2.11. The molecule has 0 radical (unpaired) electrons.